The third kappa shape index (κ3) is 3.78. The molecule has 3 nitrogen and oxygen atoms in total. The van der Waals surface area contributed by atoms with Gasteiger partial charge in [0.05, 0.1) is 21.5 Å². The van der Waals surface area contributed by atoms with E-state index in [1.165, 1.54) is 4.90 Å². The van der Waals surface area contributed by atoms with Gasteiger partial charge in [-0.25, -0.2) is 0 Å². The lowest BCUT2D eigenvalue weighted by molar-refractivity contribution is -0.123. The van der Waals surface area contributed by atoms with E-state index < -0.39 is 0 Å². The molecule has 0 radical (unpaired) electrons. The van der Waals surface area contributed by atoms with Gasteiger partial charge in [0.2, 0.25) is 0 Å². The second-order valence-corrected chi connectivity index (χ2v) is 7.31. The Kier molecular flexibility index (Phi) is 5.21. The minimum Gasteiger partial charge on any atom is -0.268 e. The standard InChI is InChI=1S/C17H10Cl3NO2S/c18-12-4-1-10(2-5-12)9-21-16(22)15(24-17(21)23)8-11-3-6-13(19)14(20)7-11/h1-8H,9H2/b15-8-. The summed E-state index contributed by atoms with van der Waals surface area (Å²) in [6.45, 7) is 0.209. The fraction of sp³-hybridized carbons (Fsp3) is 0.0588. The van der Waals surface area contributed by atoms with Crippen molar-refractivity contribution >= 4 is 63.8 Å². The van der Waals surface area contributed by atoms with Gasteiger partial charge in [0.25, 0.3) is 11.1 Å². The van der Waals surface area contributed by atoms with Crippen LogP contribution < -0.4 is 0 Å². The van der Waals surface area contributed by atoms with Crippen LogP contribution in [0.5, 0.6) is 0 Å². The normalized spacial score (nSPS) is 16.3. The summed E-state index contributed by atoms with van der Waals surface area (Å²) >= 11 is 18.6. The summed E-state index contributed by atoms with van der Waals surface area (Å²) in [7, 11) is 0. The van der Waals surface area contributed by atoms with E-state index in [4.69, 9.17) is 34.8 Å². The predicted octanol–water partition coefficient (Wildman–Crippen LogP) is 5.88. The van der Waals surface area contributed by atoms with Crippen molar-refractivity contribution in [2.24, 2.45) is 0 Å². The van der Waals surface area contributed by atoms with Crippen molar-refractivity contribution in [3.8, 4) is 0 Å². The highest BCUT2D eigenvalue weighted by atomic mass is 35.5. The summed E-state index contributed by atoms with van der Waals surface area (Å²) in [5, 5.41) is 1.13. The molecule has 0 aromatic heterocycles. The monoisotopic (exact) mass is 397 g/mol. The van der Waals surface area contributed by atoms with E-state index in [0.717, 1.165) is 17.3 Å². The lowest BCUT2D eigenvalue weighted by atomic mass is 10.2. The van der Waals surface area contributed by atoms with Crippen LogP contribution in [0.15, 0.2) is 47.4 Å². The zero-order chi connectivity index (χ0) is 17.3. The molecule has 2 aromatic rings. The molecule has 1 aliphatic heterocycles. The Balaban J connectivity index is 1.81. The van der Waals surface area contributed by atoms with Crippen molar-refractivity contribution in [3.05, 3.63) is 73.6 Å². The van der Waals surface area contributed by atoms with Gasteiger partial charge in [0.1, 0.15) is 0 Å². The predicted molar refractivity (Wildman–Crippen MR) is 99.4 cm³/mol. The maximum Gasteiger partial charge on any atom is 0.293 e. The zero-order valence-electron chi connectivity index (χ0n) is 12.1. The maximum atomic E-state index is 12.5. The number of halogens is 3. The fourth-order valence-corrected chi connectivity index (χ4v) is 3.43. The van der Waals surface area contributed by atoms with E-state index in [-0.39, 0.29) is 17.7 Å². The first-order valence-corrected chi connectivity index (χ1v) is 8.84. The van der Waals surface area contributed by atoms with Gasteiger partial charge < -0.3 is 0 Å². The molecule has 7 heteroatoms. The molecule has 1 aliphatic rings. The molecule has 2 amide bonds. The summed E-state index contributed by atoms with van der Waals surface area (Å²) in [6, 6.07) is 12.1. The van der Waals surface area contributed by atoms with Crippen molar-refractivity contribution in [2.45, 2.75) is 6.54 Å². The van der Waals surface area contributed by atoms with Crippen molar-refractivity contribution in [1.82, 2.24) is 4.90 Å². The Labute approximate surface area is 158 Å². The van der Waals surface area contributed by atoms with Crippen LogP contribution in [0.4, 0.5) is 4.79 Å². The van der Waals surface area contributed by atoms with Gasteiger partial charge in [-0.3, -0.25) is 14.5 Å². The van der Waals surface area contributed by atoms with Gasteiger partial charge in [0, 0.05) is 5.02 Å². The third-order valence-corrected chi connectivity index (χ3v) is 5.27. The second kappa shape index (κ2) is 7.19. The molecule has 0 atom stereocenters. The molecule has 1 saturated heterocycles. The average molecular weight is 399 g/mol. The lowest BCUT2D eigenvalue weighted by Gasteiger charge is -2.12. The van der Waals surface area contributed by atoms with Gasteiger partial charge in [-0.2, -0.15) is 0 Å². The Bertz CT molecular complexity index is 849. The van der Waals surface area contributed by atoms with E-state index >= 15 is 0 Å². The van der Waals surface area contributed by atoms with E-state index in [0.29, 0.717) is 25.5 Å². The first-order chi connectivity index (χ1) is 11.4. The van der Waals surface area contributed by atoms with Crippen molar-refractivity contribution in [1.29, 1.82) is 0 Å². The van der Waals surface area contributed by atoms with Crippen molar-refractivity contribution in [2.75, 3.05) is 0 Å². The molecule has 122 valence electrons. The Morgan fingerprint density at radius 1 is 0.958 bits per heavy atom. The topological polar surface area (TPSA) is 37.4 Å². The minimum atomic E-state index is -0.328. The SMILES string of the molecule is O=C1S/C(=C\c2ccc(Cl)c(Cl)c2)C(=O)N1Cc1ccc(Cl)cc1. The molecular weight excluding hydrogens is 389 g/mol. The van der Waals surface area contributed by atoms with E-state index in [2.05, 4.69) is 0 Å². The number of amides is 2. The molecule has 0 N–H and O–H groups in total. The molecule has 24 heavy (non-hydrogen) atoms. The van der Waals surface area contributed by atoms with Crippen molar-refractivity contribution < 1.29 is 9.59 Å². The quantitative estimate of drug-likeness (QED) is 0.606. The molecule has 3 rings (SSSR count). The van der Waals surface area contributed by atoms with Crippen LogP contribution in [0.2, 0.25) is 15.1 Å². The Morgan fingerprint density at radius 3 is 2.33 bits per heavy atom. The van der Waals surface area contributed by atoms with Crippen LogP contribution in [0, 0.1) is 0 Å². The van der Waals surface area contributed by atoms with Crippen LogP contribution in [-0.4, -0.2) is 16.0 Å². The zero-order valence-corrected chi connectivity index (χ0v) is 15.2. The number of benzene rings is 2. The molecule has 0 unspecified atom stereocenters. The summed E-state index contributed by atoms with van der Waals surface area (Å²) in [5.74, 6) is -0.328. The summed E-state index contributed by atoms with van der Waals surface area (Å²) in [4.78, 5) is 26.2. The average Bonchev–Trinajstić information content (AvgIpc) is 2.80. The summed E-state index contributed by atoms with van der Waals surface area (Å²) < 4.78 is 0. The van der Waals surface area contributed by atoms with Crippen LogP contribution in [0.1, 0.15) is 11.1 Å². The summed E-state index contributed by atoms with van der Waals surface area (Å²) in [5.41, 5.74) is 1.54. The third-order valence-electron chi connectivity index (χ3n) is 3.37. The number of hydrogen-bond acceptors (Lipinski definition) is 3. The van der Waals surface area contributed by atoms with Gasteiger partial charge in [-0.1, -0.05) is 53.0 Å². The number of rotatable bonds is 3. The number of carbonyl (C=O) groups is 2. The molecule has 1 fully saturated rings. The molecule has 2 aromatic carbocycles. The van der Waals surface area contributed by atoms with E-state index in [1.54, 1.807) is 48.5 Å². The van der Waals surface area contributed by atoms with Crippen molar-refractivity contribution in [3.63, 3.8) is 0 Å². The van der Waals surface area contributed by atoms with Gasteiger partial charge in [0.15, 0.2) is 0 Å². The minimum absolute atomic E-state index is 0.209. The maximum absolute atomic E-state index is 12.5. The molecular formula is C17H10Cl3NO2S. The molecule has 0 bridgehead atoms. The van der Waals surface area contributed by atoms with Crippen LogP contribution in [-0.2, 0) is 11.3 Å². The van der Waals surface area contributed by atoms with Gasteiger partial charge in [-0.15, -0.1) is 0 Å². The van der Waals surface area contributed by atoms with Crippen LogP contribution in [0.3, 0.4) is 0 Å². The number of nitrogens with zero attached hydrogens (tertiary/aromatic N) is 1. The van der Waals surface area contributed by atoms with E-state index in [9.17, 15) is 9.59 Å². The highest BCUT2D eigenvalue weighted by Crippen LogP contribution is 2.34. The van der Waals surface area contributed by atoms with Gasteiger partial charge >= 0.3 is 0 Å². The summed E-state index contributed by atoms with van der Waals surface area (Å²) in [6.07, 6.45) is 1.63. The Hall–Kier alpha value is -1.46. The lowest BCUT2D eigenvalue weighted by Crippen LogP contribution is -2.27. The second-order valence-electron chi connectivity index (χ2n) is 5.07. The fourth-order valence-electron chi connectivity index (χ4n) is 2.16. The smallest absolute Gasteiger partial charge is 0.268 e. The van der Waals surface area contributed by atoms with Gasteiger partial charge in [-0.05, 0) is 53.2 Å². The number of hydrogen-bond donors (Lipinski definition) is 0. The highest BCUT2D eigenvalue weighted by molar-refractivity contribution is 8.18. The highest BCUT2D eigenvalue weighted by Gasteiger charge is 2.34. The molecule has 0 spiro atoms. The number of imide groups is 1. The number of carbonyl (C=O) groups excluding carboxylic acids is 2. The first-order valence-electron chi connectivity index (χ1n) is 6.89. The number of thioether (sulfide) groups is 1. The molecule has 1 heterocycles. The van der Waals surface area contributed by atoms with Crippen LogP contribution >= 0.6 is 46.6 Å². The van der Waals surface area contributed by atoms with Crippen LogP contribution in [0.25, 0.3) is 6.08 Å². The molecule has 0 aliphatic carbocycles. The molecule has 0 saturated carbocycles. The van der Waals surface area contributed by atoms with E-state index in [1.807, 2.05) is 0 Å². The largest absolute Gasteiger partial charge is 0.293 e. The first kappa shape index (κ1) is 17.4. The Morgan fingerprint density at radius 2 is 1.67 bits per heavy atom.